The maximum atomic E-state index is 12.7. The van der Waals surface area contributed by atoms with Gasteiger partial charge in [0.05, 0.1) is 25.2 Å². The number of nitrogens with one attached hydrogen (secondary N) is 2. The minimum atomic E-state index is -0.974. The highest BCUT2D eigenvalue weighted by molar-refractivity contribution is 8.15. The van der Waals surface area contributed by atoms with E-state index in [4.69, 9.17) is 4.74 Å². The number of ether oxygens (including phenoxy) is 1. The molecule has 0 aromatic heterocycles. The fraction of sp³-hybridized carbons (Fsp3) is 0.579. The van der Waals surface area contributed by atoms with E-state index in [1.807, 2.05) is 43.3 Å². The molecule has 1 amide bonds. The predicted molar refractivity (Wildman–Crippen MR) is 111 cm³/mol. The number of aliphatic imine (C=N–C) groups is 1. The number of thioether (sulfide) groups is 1. The third-order valence-electron chi connectivity index (χ3n) is 5.02. The molecule has 154 valence electrons. The Kier molecular flexibility index (Phi) is 6.82. The van der Waals surface area contributed by atoms with Gasteiger partial charge in [0.1, 0.15) is 11.9 Å². The predicted octanol–water partition coefficient (Wildman–Crippen LogP) is 0.367. The third kappa shape index (κ3) is 4.78. The number of likely N-dealkylation sites (N-methyl/N-ethyl adjacent to an activating group) is 1. The van der Waals surface area contributed by atoms with Crippen molar-refractivity contribution in [1.82, 2.24) is 10.2 Å². The van der Waals surface area contributed by atoms with Gasteiger partial charge in [0.25, 0.3) is 0 Å². The second kappa shape index (κ2) is 9.13. The number of carbonyl (C=O) groups is 1. The number of hydrogen-bond acceptors (Lipinski definition) is 8. The minimum absolute atomic E-state index is 0.101. The number of aliphatic hydroxyl groups excluding tert-OH is 2. The first-order valence-electron chi connectivity index (χ1n) is 9.33. The molecule has 8 nitrogen and oxygen atoms in total. The number of amidine groups is 1. The fourth-order valence-corrected chi connectivity index (χ4v) is 4.82. The van der Waals surface area contributed by atoms with E-state index in [0.29, 0.717) is 11.7 Å². The van der Waals surface area contributed by atoms with Gasteiger partial charge in [-0.3, -0.25) is 9.79 Å². The van der Waals surface area contributed by atoms with E-state index < -0.39 is 24.2 Å². The Labute approximate surface area is 169 Å². The van der Waals surface area contributed by atoms with Crippen LogP contribution in [0.25, 0.3) is 0 Å². The molecule has 5 unspecified atom stereocenters. The number of hydrogen-bond donors (Lipinski definition) is 4. The maximum absolute atomic E-state index is 12.7. The topological polar surface area (TPSA) is 106 Å². The standard InChI is InChI=1S/C19H28N4O4S/c1-23(2)9-8-20-18(26)13-10-14(24)16(25)15-17(13)28-19(22-15)21-11-4-6-12(27-3)7-5-11/h4-7,13-17,24-25H,8-10H2,1-3H3,(H,20,26)(H,21,22). The van der Waals surface area contributed by atoms with Crippen molar-refractivity contribution < 1.29 is 19.7 Å². The first kappa shape index (κ1) is 20.9. The molecule has 0 bridgehead atoms. The van der Waals surface area contributed by atoms with Gasteiger partial charge in [-0.05, 0) is 44.8 Å². The van der Waals surface area contributed by atoms with E-state index in [1.165, 1.54) is 11.8 Å². The van der Waals surface area contributed by atoms with Crippen LogP contribution in [0, 0.1) is 5.92 Å². The molecule has 0 saturated heterocycles. The normalized spacial score (nSPS) is 29.2. The number of benzene rings is 1. The van der Waals surface area contributed by atoms with Crippen molar-refractivity contribution in [2.75, 3.05) is 39.6 Å². The summed E-state index contributed by atoms with van der Waals surface area (Å²) < 4.78 is 5.16. The highest BCUT2D eigenvalue weighted by Gasteiger charge is 2.50. The summed E-state index contributed by atoms with van der Waals surface area (Å²) in [5.41, 5.74) is 0.840. The van der Waals surface area contributed by atoms with E-state index in [9.17, 15) is 15.0 Å². The first-order chi connectivity index (χ1) is 13.4. The number of rotatable bonds is 6. The molecule has 4 N–H and O–H groups in total. The smallest absolute Gasteiger partial charge is 0.224 e. The molecule has 1 aliphatic heterocycles. The number of amides is 1. The molecule has 1 aliphatic carbocycles. The van der Waals surface area contributed by atoms with Crippen LogP contribution in [0.5, 0.6) is 5.75 Å². The Morgan fingerprint density at radius 3 is 2.68 bits per heavy atom. The number of carbonyl (C=O) groups excluding carboxylic acids is 1. The monoisotopic (exact) mass is 408 g/mol. The van der Waals surface area contributed by atoms with E-state index in [0.717, 1.165) is 18.0 Å². The zero-order valence-corrected chi connectivity index (χ0v) is 17.1. The molecule has 1 aromatic rings. The van der Waals surface area contributed by atoms with Crippen LogP contribution in [-0.2, 0) is 4.79 Å². The van der Waals surface area contributed by atoms with Gasteiger partial charge in [0, 0.05) is 24.0 Å². The molecule has 1 aromatic carbocycles. The van der Waals surface area contributed by atoms with Crippen molar-refractivity contribution in [1.29, 1.82) is 0 Å². The minimum Gasteiger partial charge on any atom is -0.497 e. The lowest BCUT2D eigenvalue weighted by Crippen LogP contribution is -2.54. The number of aliphatic hydroxyl groups is 2. The SMILES string of the molecule is COc1ccc(NC2=NC3C(O)C(O)CC(C(=O)NCCN(C)C)C3S2)cc1. The molecule has 3 rings (SSSR count). The van der Waals surface area contributed by atoms with Gasteiger partial charge >= 0.3 is 0 Å². The molecular weight excluding hydrogens is 380 g/mol. The Hall–Kier alpha value is -1.81. The van der Waals surface area contributed by atoms with E-state index in [2.05, 4.69) is 15.6 Å². The fourth-order valence-electron chi connectivity index (χ4n) is 3.44. The van der Waals surface area contributed by atoms with Crippen molar-refractivity contribution in [3.05, 3.63) is 24.3 Å². The third-order valence-corrected chi connectivity index (χ3v) is 6.33. The molecule has 9 heteroatoms. The molecule has 1 heterocycles. The number of anilines is 1. The quantitative estimate of drug-likeness (QED) is 0.539. The number of methoxy groups -OCH3 is 1. The lowest BCUT2D eigenvalue weighted by Gasteiger charge is -2.37. The largest absolute Gasteiger partial charge is 0.497 e. The molecule has 5 atom stereocenters. The Bertz CT molecular complexity index is 712. The van der Waals surface area contributed by atoms with Crippen LogP contribution in [0.2, 0.25) is 0 Å². The summed E-state index contributed by atoms with van der Waals surface area (Å²) in [4.78, 5) is 19.2. The second-order valence-electron chi connectivity index (χ2n) is 7.36. The summed E-state index contributed by atoms with van der Waals surface area (Å²) in [6.07, 6.45) is -1.71. The van der Waals surface area contributed by atoms with Crippen LogP contribution < -0.4 is 15.4 Å². The molecule has 1 saturated carbocycles. The summed E-state index contributed by atoms with van der Waals surface area (Å²) >= 11 is 1.45. The van der Waals surface area contributed by atoms with Crippen molar-refractivity contribution >= 4 is 28.5 Å². The van der Waals surface area contributed by atoms with Gasteiger partial charge < -0.3 is 30.5 Å². The van der Waals surface area contributed by atoms with Crippen molar-refractivity contribution in [2.24, 2.45) is 10.9 Å². The van der Waals surface area contributed by atoms with Gasteiger partial charge in [-0.15, -0.1) is 0 Å². The lowest BCUT2D eigenvalue weighted by atomic mass is 9.81. The van der Waals surface area contributed by atoms with Gasteiger partial charge in [-0.25, -0.2) is 0 Å². The number of nitrogens with zero attached hydrogens (tertiary/aromatic N) is 2. The molecule has 1 fully saturated rings. The molecule has 2 aliphatic rings. The summed E-state index contributed by atoms with van der Waals surface area (Å²) in [5, 5.41) is 27.2. The van der Waals surface area contributed by atoms with Crippen molar-refractivity contribution in [3.8, 4) is 5.75 Å². The molecule has 28 heavy (non-hydrogen) atoms. The van der Waals surface area contributed by atoms with Crippen LogP contribution >= 0.6 is 11.8 Å². The highest BCUT2D eigenvalue weighted by Crippen LogP contribution is 2.41. The first-order valence-corrected chi connectivity index (χ1v) is 10.2. The Balaban J connectivity index is 1.67. The second-order valence-corrected chi connectivity index (χ2v) is 8.52. The summed E-state index contributed by atoms with van der Waals surface area (Å²) in [7, 11) is 5.50. The zero-order chi connectivity index (χ0) is 20.3. The van der Waals surface area contributed by atoms with Crippen molar-refractivity contribution in [3.63, 3.8) is 0 Å². The van der Waals surface area contributed by atoms with Crippen LogP contribution in [0.4, 0.5) is 5.69 Å². The molecule has 0 radical (unpaired) electrons. The number of fused-ring (bicyclic) bond motifs is 1. The van der Waals surface area contributed by atoms with Crippen molar-refractivity contribution in [2.45, 2.75) is 29.9 Å². The summed E-state index contributed by atoms with van der Waals surface area (Å²) in [6.45, 7) is 1.28. The van der Waals surface area contributed by atoms with Crippen LogP contribution in [0.3, 0.4) is 0 Å². The highest BCUT2D eigenvalue weighted by atomic mass is 32.2. The lowest BCUT2D eigenvalue weighted by molar-refractivity contribution is -0.129. The summed E-state index contributed by atoms with van der Waals surface area (Å²) in [6, 6.07) is 6.92. The summed E-state index contributed by atoms with van der Waals surface area (Å²) in [5.74, 6) is 0.249. The van der Waals surface area contributed by atoms with Gasteiger partial charge in [0.15, 0.2) is 5.17 Å². The zero-order valence-electron chi connectivity index (χ0n) is 16.3. The van der Waals surface area contributed by atoms with E-state index in [1.54, 1.807) is 7.11 Å². The Morgan fingerprint density at radius 2 is 2.04 bits per heavy atom. The van der Waals surface area contributed by atoms with Gasteiger partial charge in [-0.2, -0.15) is 0 Å². The van der Waals surface area contributed by atoms with Gasteiger partial charge in [0.2, 0.25) is 5.91 Å². The molecular formula is C19H28N4O4S. The van der Waals surface area contributed by atoms with Crippen LogP contribution in [0.1, 0.15) is 6.42 Å². The maximum Gasteiger partial charge on any atom is 0.224 e. The van der Waals surface area contributed by atoms with Crippen LogP contribution in [-0.4, -0.2) is 84.0 Å². The van der Waals surface area contributed by atoms with E-state index in [-0.39, 0.29) is 17.6 Å². The average molecular weight is 409 g/mol. The van der Waals surface area contributed by atoms with Crippen LogP contribution in [0.15, 0.2) is 29.3 Å². The average Bonchev–Trinajstić information content (AvgIpc) is 3.08. The van der Waals surface area contributed by atoms with Gasteiger partial charge in [-0.1, -0.05) is 11.8 Å². The van der Waals surface area contributed by atoms with E-state index >= 15 is 0 Å². The molecule has 0 spiro atoms. The Morgan fingerprint density at radius 1 is 1.32 bits per heavy atom.